The molecule has 0 amide bonds. The molecule has 0 bridgehead atoms. The Morgan fingerprint density at radius 3 is 2.56 bits per heavy atom. The van der Waals surface area contributed by atoms with Crippen LogP contribution in [0.4, 0.5) is 0 Å². The van der Waals surface area contributed by atoms with Crippen molar-refractivity contribution in [2.75, 3.05) is 13.1 Å². The highest BCUT2D eigenvalue weighted by molar-refractivity contribution is 5.32. The topological polar surface area (TPSA) is 12.0 Å². The van der Waals surface area contributed by atoms with Crippen molar-refractivity contribution < 1.29 is 0 Å². The lowest BCUT2D eigenvalue weighted by Gasteiger charge is -2.29. The van der Waals surface area contributed by atoms with Crippen molar-refractivity contribution in [1.82, 2.24) is 5.32 Å². The van der Waals surface area contributed by atoms with Crippen molar-refractivity contribution in [2.24, 2.45) is 17.8 Å². The van der Waals surface area contributed by atoms with Crippen LogP contribution in [0.25, 0.3) is 0 Å². The minimum absolute atomic E-state index is 0.709. The standard InChI is InChI=1S/C15H25N/c1-11(2)15-10-14(5-4-12(15)3)13-6-8-16-9-7-13/h5,10-13,16H,4,6-9H2,1-3H3. The Kier molecular flexibility index (Phi) is 3.86. The van der Waals surface area contributed by atoms with Gasteiger partial charge >= 0.3 is 0 Å². The molecule has 1 unspecified atom stereocenters. The van der Waals surface area contributed by atoms with Gasteiger partial charge in [-0.2, -0.15) is 0 Å². The van der Waals surface area contributed by atoms with Crippen LogP contribution in [0.15, 0.2) is 23.3 Å². The van der Waals surface area contributed by atoms with Gasteiger partial charge in [-0.05, 0) is 55.7 Å². The molecule has 1 N–H and O–H groups in total. The summed E-state index contributed by atoms with van der Waals surface area (Å²) in [6.07, 6.45) is 8.90. The van der Waals surface area contributed by atoms with E-state index in [9.17, 15) is 0 Å². The Balaban J connectivity index is 2.10. The van der Waals surface area contributed by atoms with Gasteiger partial charge in [-0.15, -0.1) is 0 Å². The Labute approximate surface area is 100 Å². The second kappa shape index (κ2) is 5.18. The highest BCUT2D eigenvalue weighted by Gasteiger charge is 2.22. The van der Waals surface area contributed by atoms with E-state index in [-0.39, 0.29) is 0 Å². The predicted molar refractivity (Wildman–Crippen MR) is 70.4 cm³/mol. The summed E-state index contributed by atoms with van der Waals surface area (Å²) in [5.41, 5.74) is 3.29. The fourth-order valence-corrected chi connectivity index (χ4v) is 3.02. The maximum atomic E-state index is 3.45. The first-order valence-electron chi connectivity index (χ1n) is 6.80. The van der Waals surface area contributed by atoms with Gasteiger partial charge in [-0.25, -0.2) is 0 Å². The van der Waals surface area contributed by atoms with E-state index in [0.717, 1.165) is 11.8 Å². The summed E-state index contributed by atoms with van der Waals surface area (Å²) in [5, 5.41) is 3.45. The van der Waals surface area contributed by atoms with E-state index < -0.39 is 0 Å². The number of rotatable bonds is 2. The lowest BCUT2D eigenvalue weighted by Crippen LogP contribution is -2.29. The minimum atomic E-state index is 0.709. The molecule has 1 saturated heterocycles. The number of nitrogens with one attached hydrogen (secondary N) is 1. The van der Waals surface area contributed by atoms with E-state index in [0.29, 0.717) is 5.92 Å². The van der Waals surface area contributed by atoms with Crippen molar-refractivity contribution in [3.8, 4) is 0 Å². The van der Waals surface area contributed by atoms with Crippen molar-refractivity contribution in [2.45, 2.75) is 40.0 Å². The van der Waals surface area contributed by atoms with Gasteiger partial charge in [-0.1, -0.05) is 38.5 Å². The highest BCUT2D eigenvalue weighted by Crippen LogP contribution is 2.34. The Bertz CT molecular complexity index is 293. The van der Waals surface area contributed by atoms with Gasteiger partial charge < -0.3 is 5.32 Å². The number of hydrogen-bond donors (Lipinski definition) is 1. The van der Waals surface area contributed by atoms with Crippen LogP contribution in [0.1, 0.15) is 40.0 Å². The molecule has 1 aliphatic carbocycles. The van der Waals surface area contributed by atoms with Gasteiger partial charge in [0.15, 0.2) is 0 Å². The van der Waals surface area contributed by atoms with Crippen molar-refractivity contribution in [3.63, 3.8) is 0 Å². The summed E-state index contributed by atoms with van der Waals surface area (Å²) < 4.78 is 0. The molecular weight excluding hydrogens is 194 g/mol. The van der Waals surface area contributed by atoms with Gasteiger partial charge in [0.25, 0.3) is 0 Å². The van der Waals surface area contributed by atoms with Crippen molar-refractivity contribution >= 4 is 0 Å². The van der Waals surface area contributed by atoms with Crippen LogP contribution in [-0.2, 0) is 0 Å². The summed E-state index contributed by atoms with van der Waals surface area (Å²) in [4.78, 5) is 0. The Morgan fingerprint density at radius 1 is 1.25 bits per heavy atom. The third kappa shape index (κ3) is 2.57. The number of piperidine rings is 1. The molecule has 16 heavy (non-hydrogen) atoms. The molecule has 0 saturated carbocycles. The lowest BCUT2D eigenvalue weighted by atomic mass is 9.78. The number of allylic oxidation sites excluding steroid dienone is 4. The molecule has 1 heterocycles. The predicted octanol–water partition coefficient (Wildman–Crippen LogP) is 3.53. The average molecular weight is 219 g/mol. The highest BCUT2D eigenvalue weighted by atomic mass is 14.9. The van der Waals surface area contributed by atoms with E-state index in [1.807, 2.05) is 0 Å². The van der Waals surface area contributed by atoms with E-state index in [2.05, 4.69) is 38.2 Å². The fraction of sp³-hybridized carbons (Fsp3) is 0.733. The summed E-state index contributed by atoms with van der Waals surface area (Å²) in [6.45, 7) is 9.41. The summed E-state index contributed by atoms with van der Waals surface area (Å²) in [5.74, 6) is 2.29. The first kappa shape index (κ1) is 11.9. The zero-order valence-electron chi connectivity index (χ0n) is 10.9. The fourth-order valence-electron chi connectivity index (χ4n) is 3.02. The second-order valence-corrected chi connectivity index (χ2v) is 5.66. The zero-order valence-corrected chi connectivity index (χ0v) is 10.9. The Hall–Kier alpha value is -0.560. The first-order chi connectivity index (χ1) is 7.68. The first-order valence-corrected chi connectivity index (χ1v) is 6.80. The molecule has 1 fully saturated rings. The van der Waals surface area contributed by atoms with E-state index in [4.69, 9.17) is 0 Å². The molecule has 1 heteroatoms. The molecule has 0 aromatic carbocycles. The van der Waals surface area contributed by atoms with Crippen LogP contribution >= 0.6 is 0 Å². The molecule has 0 radical (unpaired) electrons. The summed E-state index contributed by atoms with van der Waals surface area (Å²) in [7, 11) is 0. The molecule has 1 nitrogen and oxygen atoms in total. The SMILES string of the molecule is CC(C)C1=CC(C2CCNCC2)=CCC1C. The molecule has 0 aromatic rings. The van der Waals surface area contributed by atoms with E-state index in [1.165, 1.54) is 32.4 Å². The zero-order chi connectivity index (χ0) is 11.5. The monoisotopic (exact) mass is 219 g/mol. The third-order valence-electron chi connectivity index (χ3n) is 4.09. The largest absolute Gasteiger partial charge is 0.317 e. The Morgan fingerprint density at radius 2 is 1.94 bits per heavy atom. The van der Waals surface area contributed by atoms with Crippen LogP contribution in [0.3, 0.4) is 0 Å². The second-order valence-electron chi connectivity index (χ2n) is 5.66. The number of hydrogen-bond acceptors (Lipinski definition) is 1. The average Bonchev–Trinajstić information content (AvgIpc) is 2.30. The van der Waals surface area contributed by atoms with Crippen LogP contribution in [0.5, 0.6) is 0 Å². The van der Waals surface area contributed by atoms with Crippen molar-refractivity contribution in [1.29, 1.82) is 0 Å². The van der Waals surface area contributed by atoms with Crippen molar-refractivity contribution in [3.05, 3.63) is 23.3 Å². The van der Waals surface area contributed by atoms with Crippen LogP contribution in [0.2, 0.25) is 0 Å². The summed E-state index contributed by atoms with van der Waals surface area (Å²) in [6, 6.07) is 0. The molecule has 2 aliphatic rings. The smallest absolute Gasteiger partial charge is 0.00431 e. The molecule has 1 aliphatic heterocycles. The van der Waals surface area contributed by atoms with Crippen LogP contribution in [-0.4, -0.2) is 13.1 Å². The van der Waals surface area contributed by atoms with E-state index >= 15 is 0 Å². The van der Waals surface area contributed by atoms with Gasteiger partial charge in [-0.3, -0.25) is 0 Å². The molecule has 2 rings (SSSR count). The molecule has 0 spiro atoms. The quantitative estimate of drug-likeness (QED) is 0.749. The third-order valence-corrected chi connectivity index (χ3v) is 4.09. The van der Waals surface area contributed by atoms with Crippen LogP contribution < -0.4 is 5.32 Å². The van der Waals surface area contributed by atoms with Crippen LogP contribution in [0, 0.1) is 17.8 Å². The molecule has 90 valence electrons. The van der Waals surface area contributed by atoms with Gasteiger partial charge in [0.2, 0.25) is 0 Å². The molecule has 1 atom stereocenters. The molecular formula is C15H25N. The van der Waals surface area contributed by atoms with Gasteiger partial charge in [0, 0.05) is 0 Å². The molecule has 0 aromatic heterocycles. The minimum Gasteiger partial charge on any atom is -0.317 e. The maximum Gasteiger partial charge on any atom is -0.00431 e. The van der Waals surface area contributed by atoms with E-state index in [1.54, 1.807) is 11.1 Å². The lowest BCUT2D eigenvalue weighted by molar-refractivity contribution is 0.419. The maximum absolute atomic E-state index is 3.45. The van der Waals surface area contributed by atoms with Gasteiger partial charge in [0.05, 0.1) is 0 Å². The normalized spacial score (nSPS) is 27.9. The summed E-state index contributed by atoms with van der Waals surface area (Å²) >= 11 is 0. The van der Waals surface area contributed by atoms with Gasteiger partial charge in [0.1, 0.15) is 0 Å².